The molecule has 1 aromatic rings. The topological polar surface area (TPSA) is 17.1 Å². The zero-order valence-electron chi connectivity index (χ0n) is 4.63. The highest BCUT2D eigenvalue weighted by molar-refractivity contribution is 9.11. The van der Waals surface area contributed by atoms with E-state index in [1.165, 1.54) is 0 Å². The second-order valence-electron chi connectivity index (χ2n) is 1.63. The van der Waals surface area contributed by atoms with Crippen molar-refractivity contribution in [1.29, 1.82) is 0 Å². The van der Waals surface area contributed by atoms with Gasteiger partial charge in [0.05, 0.1) is 3.79 Å². The largest absolute Gasteiger partial charge is 0.303 e. The van der Waals surface area contributed by atoms with Crippen molar-refractivity contribution >= 4 is 33.6 Å². The van der Waals surface area contributed by atoms with Crippen LogP contribution in [-0.4, -0.2) is 6.29 Å². The molecule has 0 N–H and O–H groups in total. The third-order valence-electron chi connectivity index (χ3n) is 0.941. The number of halogens is 1. The number of aldehydes is 1. The van der Waals surface area contributed by atoms with Gasteiger partial charge in [-0.05, 0) is 32.9 Å². The lowest BCUT2D eigenvalue weighted by Gasteiger charge is -1.79. The fourth-order valence-corrected chi connectivity index (χ4v) is 1.77. The molecule has 0 saturated carbocycles. The Hall–Kier alpha value is -0.150. The molecule has 9 heavy (non-hydrogen) atoms. The average Bonchev–Trinajstić information content (AvgIpc) is 2.17. The molecular formula is C6H5BrOS. The Balaban J connectivity index is 2.72. The highest BCUT2D eigenvalue weighted by Gasteiger charge is 1.93. The summed E-state index contributed by atoms with van der Waals surface area (Å²) in [5.74, 6) is 0. The lowest BCUT2D eigenvalue weighted by Crippen LogP contribution is -1.78. The zero-order chi connectivity index (χ0) is 6.69. The van der Waals surface area contributed by atoms with E-state index < -0.39 is 0 Å². The van der Waals surface area contributed by atoms with Crippen molar-refractivity contribution in [2.75, 3.05) is 0 Å². The van der Waals surface area contributed by atoms with Gasteiger partial charge < -0.3 is 4.79 Å². The number of hydrogen-bond acceptors (Lipinski definition) is 2. The summed E-state index contributed by atoms with van der Waals surface area (Å²) in [6.07, 6.45) is 1.44. The van der Waals surface area contributed by atoms with E-state index in [2.05, 4.69) is 15.9 Å². The van der Waals surface area contributed by atoms with Crippen LogP contribution in [0, 0.1) is 0 Å². The predicted octanol–water partition coefficient (Wildman–Crippen LogP) is 2.25. The number of carbonyl (C=O) groups excluding carboxylic acids is 1. The van der Waals surface area contributed by atoms with Crippen LogP contribution >= 0.6 is 27.3 Å². The van der Waals surface area contributed by atoms with Crippen molar-refractivity contribution in [2.24, 2.45) is 0 Å². The molecule has 1 rings (SSSR count). The first-order chi connectivity index (χ1) is 4.33. The normalized spacial score (nSPS) is 9.44. The Labute approximate surface area is 65.8 Å². The summed E-state index contributed by atoms with van der Waals surface area (Å²) in [7, 11) is 0. The minimum absolute atomic E-state index is 0.530. The van der Waals surface area contributed by atoms with E-state index in [4.69, 9.17) is 0 Å². The van der Waals surface area contributed by atoms with Gasteiger partial charge in [-0.3, -0.25) is 0 Å². The highest BCUT2D eigenvalue weighted by Crippen LogP contribution is 2.20. The van der Waals surface area contributed by atoms with Crippen LogP contribution in [0.25, 0.3) is 0 Å². The minimum Gasteiger partial charge on any atom is -0.303 e. The molecule has 0 aliphatic rings. The molecule has 0 fully saturated rings. The van der Waals surface area contributed by atoms with Gasteiger partial charge in [0, 0.05) is 6.42 Å². The Bertz CT molecular complexity index is 207. The van der Waals surface area contributed by atoms with Gasteiger partial charge in [0.1, 0.15) is 6.29 Å². The maximum atomic E-state index is 9.97. The Morgan fingerprint density at radius 2 is 2.56 bits per heavy atom. The van der Waals surface area contributed by atoms with Crippen LogP contribution in [-0.2, 0) is 11.2 Å². The van der Waals surface area contributed by atoms with Crippen molar-refractivity contribution < 1.29 is 4.79 Å². The number of rotatable bonds is 2. The van der Waals surface area contributed by atoms with E-state index in [0.29, 0.717) is 6.42 Å². The quantitative estimate of drug-likeness (QED) is 0.676. The van der Waals surface area contributed by atoms with Gasteiger partial charge in [0.15, 0.2) is 0 Å². The molecule has 48 valence electrons. The lowest BCUT2D eigenvalue weighted by atomic mass is 10.3. The molecule has 0 aliphatic heterocycles. The third kappa shape index (κ3) is 1.91. The summed E-state index contributed by atoms with van der Waals surface area (Å²) in [5.41, 5.74) is 1.09. The van der Waals surface area contributed by atoms with Crippen LogP contribution in [0.5, 0.6) is 0 Å². The van der Waals surface area contributed by atoms with E-state index in [9.17, 15) is 4.79 Å². The van der Waals surface area contributed by atoms with Crippen LogP contribution in [0.1, 0.15) is 5.56 Å². The molecule has 3 heteroatoms. The van der Waals surface area contributed by atoms with E-state index in [1.54, 1.807) is 11.3 Å². The predicted molar refractivity (Wildman–Crippen MR) is 41.8 cm³/mol. The molecule has 0 radical (unpaired) electrons. The molecule has 0 amide bonds. The molecule has 0 spiro atoms. The first kappa shape index (κ1) is 6.96. The molecule has 0 atom stereocenters. The van der Waals surface area contributed by atoms with Crippen molar-refractivity contribution in [2.45, 2.75) is 6.42 Å². The van der Waals surface area contributed by atoms with Crippen molar-refractivity contribution in [1.82, 2.24) is 0 Å². The molecule has 1 aromatic heterocycles. The second kappa shape index (κ2) is 3.13. The maximum Gasteiger partial charge on any atom is 0.124 e. The van der Waals surface area contributed by atoms with Crippen molar-refractivity contribution in [3.05, 3.63) is 20.8 Å². The SMILES string of the molecule is O=CCc1csc(Br)c1. The smallest absolute Gasteiger partial charge is 0.124 e. The van der Waals surface area contributed by atoms with E-state index in [0.717, 1.165) is 15.6 Å². The molecule has 1 heterocycles. The van der Waals surface area contributed by atoms with Crippen molar-refractivity contribution in [3.8, 4) is 0 Å². The summed E-state index contributed by atoms with van der Waals surface area (Å²) in [6, 6.07) is 1.96. The standard InChI is InChI=1S/C6H5BrOS/c7-6-3-5(1-2-8)4-9-6/h2-4H,1H2. The maximum absolute atomic E-state index is 9.97. The van der Waals surface area contributed by atoms with Gasteiger partial charge in [0.25, 0.3) is 0 Å². The summed E-state index contributed by atoms with van der Waals surface area (Å²) in [4.78, 5) is 9.97. The molecular weight excluding hydrogens is 200 g/mol. The third-order valence-corrected chi connectivity index (χ3v) is 2.49. The van der Waals surface area contributed by atoms with Gasteiger partial charge in [0.2, 0.25) is 0 Å². The van der Waals surface area contributed by atoms with Crippen LogP contribution in [0.3, 0.4) is 0 Å². The Morgan fingerprint density at radius 1 is 1.78 bits per heavy atom. The summed E-state index contributed by atoms with van der Waals surface area (Å²) >= 11 is 4.91. The first-order valence-corrected chi connectivity index (χ1v) is 4.16. The highest BCUT2D eigenvalue weighted by atomic mass is 79.9. The van der Waals surface area contributed by atoms with Crippen molar-refractivity contribution in [3.63, 3.8) is 0 Å². The lowest BCUT2D eigenvalue weighted by molar-refractivity contribution is -0.107. The van der Waals surface area contributed by atoms with Crippen LogP contribution in [0.2, 0.25) is 0 Å². The molecule has 0 aromatic carbocycles. The van der Waals surface area contributed by atoms with Gasteiger partial charge in [-0.2, -0.15) is 0 Å². The fraction of sp³-hybridized carbons (Fsp3) is 0.167. The van der Waals surface area contributed by atoms with Crippen LogP contribution < -0.4 is 0 Å². The molecule has 0 bridgehead atoms. The summed E-state index contributed by atoms with van der Waals surface area (Å²) in [6.45, 7) is 0. The zero-order valence-corrected chi connectivity index (χ0v) is 7.04. The van der Waals surface area contributed by atoms with E-state index in [-0.39, 0.29) is 0 Å². The van der Waals surface area contributed by atoms with Crippen LogP contribution in [0.15, 0.2) is 15.2 Å². The van der Waals surface area contributed by atoms with E-state index >= 15 is 0 Å². The summed E-state index contributed by atoms with van der Waals surface area (Å²) < 4.78 is 1.08. The monoisotopic (exact) mass is 204 g/mol. The average molecular weight is 205 g/mol. The number of hydrogen-bond donors (Lipinski definition) is 0. The first-order valence-electron chi connectivity index (χ1n) is 2.49. The molecule has 0 unspecified atom stereocenters. The number of thiophene rings is 1. The second-order valence-corrected chi connectivity index (χ2v) is 3.92. The van der Waals surface area contributed by atoms with Gasteiger partial charge in [-0.25, -0.2) is 0 Å². The van der Waals surface area contributed by atoms with E-state index in [1.807, 2.05) is 11.4 Å². The fourth-order valence-electron chi connectivity index (χ4n) is 0.549. The van der Waals surface area contributed by atoms with Crippen LogP contribution in [0.4, 0.5) is 0 Å². The summed E-state index contributed by atoms with van der Waals surface area (Å²) in [5, 5.41) is 1.97. The van der Waals surface area contributed by atoms with Gasteiger partial charge in [-0.15, -0.1) is 11.3 Å². The Kier molecular flexibility index (Phi) is 2.42. The van der Waals surface area contributed by atoms with Gasteiger partial charge >= 0.3 is 0 Å². The molecule has 0 aliphatic carbocycles. The Morgan fingerprint density at radius 3 is 3.00 bits per heavy atom. The molecule has 0 saturated heterocycles. The molecule has 1 nitrogen and oxygen atoms in total. The van der Waals surface area contributed by atoms with Gasteiger partial charge in [-0.1, -0.05) is 0 Å². The minimum atomic E-state index is 0.530. The number of carbonyl (C=O) groups is 1.